The van der Waals surface area contributed by atoms with Crippen molar-refractivity contribution in [1.82, 2.24) is 10.2 Å². The number of benzene rings is 2. The van der Waals surface area contributed by atoms with Gasteiger partial charge in [0.1, 0.15) is 5.75 Å². The number of hydrogen-bond donors (Lipinski definition) is 3. The van der Waals surface area contributed by atoms with Crippen LogP contribution in [0.15, 0.2) is 42.5 Å². The highest BCUT2D eigenvalue weighted by atomic mass is 16.5. The molecule has 0 radical (unpaired) electrons. The molecule has 0 bridgehead atoms. The van der Waals surface area contributed by atoms with Gasteiger partial charge in [-0.05, 0) is 48.7 Å². The van der Waals surface area contributed by atoms with Gasteiger partial charge < -0.3 is 25.4 Å². The zero-order chi connectivity index (χ0) is 20.8. The van der Waals surface area contributed by atoms with Crippen molar-refractivity contribution in [3.05, 3.63) is 59.2 Å². The average Bonchev–Trinajstić information content (AvgIpc) is 3.27. The molecule has 8 nitrogen and oxygen atoms in total. The fourth-order valence-electron chi connectivity index (χ4n) is 3.16. The lowest BCUT2D eigenvalue weighted by Gasteiger charge is -2.17. The van der Waals surface area contributed by atoms with Gasteiger partial charge in [0.2, 0.25) is 0 Å². The molecule has 1 saturated heterocycles. The molecule has 2 aromatic carbocycles. The van der Waals surface area contributed by atoms with E-state index in [1.165, 1.54) is 19.2 Å². The SMILES string of the molecule is COc1ccc(C(=O)N2CCCC2)cc1NC(=O)NCc1ccc(C(=O)O)cc1. The second-order valence-corrected chi connectivity index (χ2v) is 6.72. The number of aromatic carboxylic acids is 1. The monoisotopic (exact) mass is 397 g/mol. The Hall–Kier alpha value is -3.55. The third kappa shape index (κ3) is 5.04. The maximum Gasteiger partial charge on any atom is 0.335 e. The maximum atomic E-state index is 12.6. The standard InChI is InChI=1S/C21H23N3O5/c1-29-18-9-8-16(19(25)24-10-2-3-11-24)12-17(18)23-21(28)22-13-14-4-6-15(7-5-14)20(26)27/h4-9,12H,2-3,10-11,13H2,1H3,(H,26,27)(H2,22,23,28). The van der Waals surface area contributed by atoms with E-state index in [4.69, 9.17) is 9.84 Å². The minimum Gasteiger partial charge on any atom is -0.495 e. The van der Waals surface area contributed by atoms with Crippen LogP contribution in [-0.2, 0) is 6.54 Å². The highest BCUT2D eigenvalue weighted by molar-refractivity contribution is 5.98. The molecule has 1 fully saturated rings. The van der Waals surface area contributed by atoms with Crippen LogP contribution in [0.25, 0.3) is 0 Å². The number of carbonyl (C=O) groups excluding carboxylic acids is 2. The molecular formula is C21H23N3O5. The maximum absolute atomic E-state index is 12.6. The average molecular weight is 397 g/mol. The summed E-state index contributed by atoms with van der Waals surface area (Å²) in [7, 11) is 1.49. The number of carbonyl (C=O) groups is 3. The van der Waals surface area contributed by atoms with Gasteiger partial charge in [0.15, 0.2) is 0 Å². The van der Waals surface area contributed by atoms with E-state index in [-0.39, 0.29) is 18.0 Å². The highest BCUT2D eigenvalue weighted by Gasteiger charge is 2.21. The van der Waals surface area contributed by atoms with Crippen molar-refractivity contribution in [1.29, 1.82) is 0 Å². The molecule has 0 aromatic heterocycles. The first-order valence-electron chi connectivity index (χ1n) is 9.32. The van der Waals surface area contributed by atoms with Crippen molar-refractivity contribution in [2.45, 2.75) is 19.4 Å². The molecule has 0 saturated carbocycles. The molecule has 0 atom stereocenters. The Morgan fingerprint density at radius 1 is 1.03 bits per heavy atom. The van der Waals surface area contributed by atoms with Gasteiger partial charge in [-0.1, -0.05) is 12.1 Å². The molecule has 3 N–H and O–H groups in total. The van der Waals surface area contributed by atoms with Crippen LogP contribution in [0.1, 0.15) is 39.1 Å². The summed E-state index contributed by atoms with van der Waals surface area (Å²) in [5.41, 5.74) is 1.83. The Balaban J connectivity index is 1.64. The third-order valence-corrected chi connectivity index (χ3v) is 4.74. The Morgan fingerprint density at radius 3 is 2.31 bits per heavy atom. The van der Waals surface area contributed by atoms with E-state index >= 15 is 0 Å². The first kappa shape index (κ1) is 20.2. The highest BCUT2D eigenvalue weighted by Crippen LogP contribution is 2.26. The number of amides is 3. The molecule has 1 aliphatic heterocycles. The first-order valence-corrected chi connectivity index (χ1v) is 9.32. The van der Waals surface area contributed by atoms with Gasteiger partial charge in [-0.15, -0.1) is 0 Å². The summed E-state index contributed by atoms with van der Waals surface area (Å²) in [5, 5.41) is 14.3. The zero-order valence-corrected chi connectivity index (χ0v) is 16.1. The number of nitrogens with zero attached hydrogens (tertiary/aromatic N) is 1. The molecule has 0 unspecified atom stereocenters. The Labute approximate surface area is 168 Å². The summed E-state index contributed by atoms with van der Waals surface area (Å²) in [6.07, 6.45) is 2.01. The van der Waals surface area contributed by atoms with Gasteiger partial charge in [-0.3, -0.25) is 4.79 Å². The van der Waals surface area contributed by atoms with Crippen molar-refractivity contribution in [3.63, 3.8) is 0 Å². The van der Waals surface area contributed by atoms with Crippen LogP contribution in [0.2, 0.25) is 0 Å². The molecule has 0 aliphatic carbocycles. The van der Waals surface area contributed by atoms with Crippen LogP contribution in [0.3, 0.4) is 0 Å². The minimum absolute atomic E-state index is 0.0628. The van der Waals surface area contributed by atoms with E-state index in [2.05, 4.69) is 10.6 Å². The molecule has 1 heterocycles. The van der Waals surface area contributed by atoms with E-state index in [9.17, 15) is 14.4 Å². The number of ether oxygens (including phenoxy) is 1. The normalized spacial score (nSPS) is 13.1. The lowest BCUT2D eigenvalue weighted by atomic mass is 10.1. The van der Waals surface area contributed by atoms with Crippen LogP contribution >= 0.6 is 0 Å². The summed E-state index contributed by atoms with van der Waals surface area (Å²) in [6.45, 7) is 1.71. The van der Waals surface area contributed by atoms with Crippen LogP contribution in [-0.4, -0.2) is 48.1 Å². The van der Waals surface area contributed by atoms with Gasteiger partial charge in [0, 0.05) is 25.2 Å². The summed E-state index contributed by atoms with van der Waals surface area (Å²) in [4.78, 5) is 37.6. The zero-order valence-electron chi connectivity index (χ0n) is 16.1. The van der Waals surface area contributed by atoms with E-state index in [1.807, 2.05) is 0 Å². The molecule has 2 aromatic rings. The molecule has 29 heavy (non-hydrogen) atoms. The first-order chi connectivity index (χ1) is 14.0. The second-order valence-electron chi connectivity index (χ2n) is 6.72. The number of anilines is 1. The van der Waals surface area contributed by atoms with E-state index in [0.717, 1.165) is 31.5 Å². The summed E-state index contributed by atoms with van der Waals surface area (Å²) in [6, 6.07) is 10.7. The minimum atomic E-state index is -1.00. The van der Waals surface area contributed by atoms with Crippen molar-refractivity contribution in [2.24, 2.45) is 0 Å². The van der Waals surface area contributed by atoms with Gasteiger partial charge in [-0.2, -0.15) is 0 Å². The lowest BCUT2D eigenvalue weighted by Crippen LogP contribution is -2.29. The van der Waals surface area contributed by atoms with Crippen LogP contribution < -0.4 is 15.4 Å². The topological polar surface area (TPSA) is 108 Å². The number of methoxy groups -OCH3 is 1. The number of likely N-dealkylation sites (tertiary alicyclic amines) is 1. The molecule has 3 amide bonds. The molecule has 1 aliphatic rings. The Morgan fingerprint density at radius 2 is 1.69 bits per heavy atom. The lowest BCUT2D eigenvalue weighted by molar-refractivity contribution is 0.0696. The fraction of sp³-hybridized carbons (Fsp3) is 0.286. The summed E-state index contributed by atoms with van der Waals surface area (Å²) >= 11 is 0. The number of carboxylic acids is 1. The Kier molecular flexibility index (Phi) is 6.33. The number of nitrogens with one attached hydrogen (secondary N) is 2. The van der Waals surface area contributed by atoms with Crippen LogP contribution in [0.5, 0.6) is 5.75 Å². The van der Waals surface area contributed by atoms with E-state index in [1.54, 1.807) is 35.2 Å². The van der Waals surface area contributed by atoms with E-state index in [0.29, 0.717) is 17.0 Å². The van der Waals surface area contributed by atoms with Gasteiger partial charge in [0.25, 0.3) is 5.91 Å². The largest absolute Gasteiger partial charge is 0.495 e. The molecule has 3 rings (SSSR count). The number of urea groups is 1. The van der Waals surface area contributed by atoms with Crippen molar-refractivity contribution >= 4 is 23.6 Å². The molecule has 152 valence electrons. The smallest absolute Gasteiger partial charge is 0.335 e. The number of rotatable bonds is 6. The summed E-state index contributed by atoms with van der Waals surface area (Å²) < 4.78 is 5.28. The van der Waals surface area contributed by atoms with Crippen LogP contribution in [0.4, 0.5) is 10.5 Å². The molecule has 8 heteroatoms. The van der Waals surface area contributed by atoms with Crippen molar-refractivity contribution in [2.75, 3.05) is 25.5 Å². The van der Waals surface area contributed by atoms with Gasteiger partial charge in [0.05, 0.1) is 18.4 Å². The third-order valence-electron chi connectivity index (χ3n) is 4.74. The number of hydrogen-bond acceptors (Lipinski definition) is 4. The van der Waals surface area contributed by atoms with Gasteiger partial charge in [-0.25, -0.2) is 9.59 Å². The molecular weight excluding hydrogens is 374 g/mol. The Bertz CT molecular complexity index is 905. The number of carboxylic acid groups (broad SMARTS) is 1. The molecule has 0 spiro atoms. The van der Waals surface area contributed by atoms with Crippen LogP contribution in [0, 0.1) is 0 Å². The van der Waals surface area contributed by atoms with Crippen molar-refractivity contribution < 1.29 is 24.2 Å². The predicted molar refractivity (Wildman–Crippen MR) is 107 cm³/mol. The summed E-state index contributed by atoms with van der Waals surface area (Å²) in [5.74, 6) is -0.617. The van der Waals surface area contributed by atoms with E-state index < -0.39 is 12.0 Å². The van der Waals surface area contributed by atoms with Gasteiger partial charge >= 0.3 is 12.0 Å². The van der Waals surface area contributed by atoms with Crippen molar-refractivity contribution in [3.8, 4) is 5.75 Å². The second kappa shape index (κ2) is 9.09. The quantitative estimate of drug-likeness (QED) is 0.695. The predicted octanol–water partition coefficient (Wildman–Crippen LogP) is 2.95. The fourth-order valence-corrected chi connectivity index (χ4v) is 3.16.